The van der Waals surface area contributed by atoms with Crippen LogP contribution in [0.1, 0.15) is 20.3 Å². The molecule has 1 saturated heterocycles. The summed E-state index contributed by atoms with van der Waals surface area (Å²) in [6.07, 6.45) is 0.239. The summed E-state index contributed by atoms with van der Waals surface area (Å²) in [5.74, 6) is -0.225. The quantitative estimate of drug-likeness (QED) is 0.524. The van der Waals surface area contributed by atoms with Crippen molar-refractivity contribution in [2.45, 2.75) is 20.3 Å². The molecule has 1 rings (SSSR count). The molecule has 0 radical (unpaired) electrons. The van der Waals surface area contributed by atoms with Crippen molar-refractivity contribution >= 4 is 12.1 Å². The van der Waals surface area contributed by atoms with Gasteiger partial charge in [0.25, 0.3) is 0 Å². The Bertz CT molecular complexity index is 195. The molecule has 0 saturated carbocycles. The van der Waals surface area contributed by atoms with Crippen molar-refractivity contribution in [2.75, 3.05) is 33.0 Å². The highest BCUT2D eigenvalue weighted by Gasteiger charge is 2.09. The van der Waals surface area contributed by atoms with Crippen LogP contribution in [0.15, 0.2) is 0 Å². The number of carbonyl (C=O) groups is 2. The number of hydrogen-bond donors (Lipinski definition) is 0. The third-order valence-electron chi connectivity index (χ3n) is 1.47. The topological polar surface area (TPSA) is 71.1 Å². The Morgan fingerprint density at radius 1 is 1.31 bits per heavy atom. The Morgan fingerprint density at radius 2 is 1.94 bits per heavy atom. The number of carbonyl (C=O) groups excluding carboxylic acids is 2. The van der Waals surface area contributed by atoms with Gasteiger partial charge in [-0.1, -0.05) is 0 Å². The summed E-state index contributed by atoms with van der Waals surface area (Å²) in [4.78, 5) is 20.0. The van der Waals surface area contributed by atoms with Crippen LogP contribution in [0.25, 0.3) is 0 Å². The lowest BCUT2D eigenvalue weighted by molar-refractivity contribution is -0.141. The van der Waals surface area contributed by atoms with Gasteiger partial charge in [0, 0.05) is 26.6 Å². The van der Waals surface area contributed by atoms with Gasteiger partial charge in [0.2, 0.25) is 0 Å². The van der Waals surface area contributed by atoms with Crippen molar-refractivity contribution in [2.24, 2.45) is 0 Å². The number of ether oxygens (including phenoxy) is 4. The molecule has 0 N–H and O–H groups in total. The molecular formula is C10H18O6. The Balaban J connectivity index is 0.000000315. The molecule has 94 valence electrons. The number of esters is 1. The van der Waals surface area contributed by atoms with E-state index in [1.165, 1.54) is 6.92 Å². The first-order valence-electron chi connectivity index (χ1n) is 5.17. The standard InChI is InChI=1S/C7H14O3.C3H4O3/c1-3-9-5-4-6-10-7(2)8;4-3-5-1-2-6-3/h3-6H2,1-2H3;1-2H2. The van der Waals surface area contributed by atoms with Crippen LogP contribution in [0.4, 0.5) is 4.79 Å². The van der Waals surface area contributed by atoms with E-state index in [0.717, 1.165) is 13.0 Å². The second kappa shape index (κ2) is 10.2. The Kier molecular flexibility index (Phi) is 9.39. The van der Waals surface area contributed by atoms with E-state index >= 15 is 0 Å². The fourth-order valence-electron chi connectivity index (χ4n) is 0.813. The Morgan fingerprint density at radius 3 is 2.31 bits per heavy atom. The van der Waals surface area contributed by atoms with Crippen LogP contribution in [0.5, 0.6) is 0 Å². The van der Waals surface area contributed by atoms with E-state index in [1.807, 2.05) is 6.92 Å². The predicted molar refractivity (Wildman–Crippen MR) is 55.0 cm³/mol. The summed E-state index contributed by atoms with van der Waals surface area (Å²) >= 11 is 0. The molecule has 1 aliphatic rings. The molecule has 0 bridgehead atoms. The van der Waals surface area contributed by atoms with E-state index in [2.05, 4.69) is 14.2 Å². The number of rotatable bonds is 5. The molecule has 0 aromatic heterocycles. The second-order valence-electron chi connectivity index (χ2n) is 2.84. The minimum atomic E-state index is -0.546. The highest BCUT2D eigenvalue weighted by atomic mass is 16.8. The van der Waals surface area contributed by atoms with E-state index < -0.39 is 6.16 Å². The van der Waals surface area contributed by atoms with Crippen LogP contribution in [0.3, 0.4) is 0 Å². The molecule has 0 atom stereocenters. The molecule has 0 aromatic rings. The van der Waals surface area contributed by atoms with Crippen LogP contribution in [-0.2, 0) is 23.7 Å². The summed E-state index contributed by atoms with van der Waals surface area (Å²) in [5.41, 5.74) is 0. The van der Waals surface area contributed by atoms with Gasteiger partial charge in [-0.3, -0.25) is 4.79 Å². The van der Waals surface area contributed by atoms with Crippen molar-refractivity contribution in [3.63, 3.8) is 0 Å². The monoisotopic (exact) mass is 234 g/mol. The summed E-state index contributed by atoms with van der Waals surface area (Å²) < 4.78 is 18.3. The first-order chi connectivity index (χ1) is 7.66. The minimum absolute atomic E-state index is 0.225. The Labute approximate surface area is 94.8 Å². The first kappa shape index (κ1) is 14.7. The molecule has 1 aliphatic heterocycles. The van der Waals surface area contributed by atoms with Crippen LogP contribution < -0.4 is 0 Å². The maximum atomic E-state index is 10.2. The molecule has 1 heterocycles. The average Bonchev–Trinajstić information content (AvgIpc) is 2.69. The molecule has 1 fully saturated rings. The maximum absolute atomic E-state index is 10.2. The molecule has 16 heavy (non-hydrogen) atoms. The lowest BCUT2D eigenvalue weighted by atomic mass is 10.5. The van der Waals surface area contributed by atoms with E-state index in [9.17, 15) is 9.59 Å². The molecule has 0 amide bonds. The largest absolute Gasteiger partial charge is 0.508 e. The summed E-state index contributed by atoms with van der Waals surface area (Å²) in [6, 6.07) is 0. The van der Waals surface area contributed by atoms with Crippen LogP contribution in [-0.4, -0.2) is 45.2 Å². The molecule has 6 nitrogen and oxygen atoms in total. The summed E-state index contributed by atoms with van der Waals surface area (Å²) in [6.45, 7) is 6.03. The van der Waals surface area contributed by atoms with E-state index in [1.54, 1.807) is 0 Å². The summed E-state index contributed by atoms with van der Waals surface area (Å²) in [5, 5.41) is 0. The normalized spacial score (nSPS) is 13.2. The Hall–Kier alpha value is -1.30. The van der Waals surface area contributed by atoms with Gasteiger partial charge in [0.05, 0.1) is 6.61 Å². The predicted octanol–water partition coefficient (Wildman–Crippen LogP) is 1.13. The van der Waals surface area contributed by atoms with Crippen molar-refractivity contribution in [3.8, 4) is 0 Å². The zero-order chi connectivity index (χ0) is 12.2. The number of cyclic esters (lactones) is 2. The fourth-order valence-corrected chi connectivity index (χ4v) is 0.813. The van der Waals surface area contributed by atoms with Crippen molar-refractivity contribution in [1.29, 1.82) is 0 Å². The van der Waals surface area contributed by atoms with E-state index in [4.69, 9.17) is 4.74 Å². The van der Waals surface area contributed by atoms with Crippen molar-refractivity contribution in [3.05, 3.63) is 0 Å². The molecular weight excluding hydrogens is 216 g/mol. The van der Waals surface area contributed by atoms with Crippen LogP contribution >= 0.6 is 0 Å². The smallest absolute Gasteiger partial charge is 0.466 e. The summed E-state index contributed by atoms with van der Waals surface area (Å²) in [7, 11) is 0. The highest BCUT2D eigenvalue weighted by Crippen LogP contribution is 1.92. The molecule has 0 aromatic carbocycles. The number of hydrogen-bond acceptors (Lipinski definition) is 6. The zero-order valence-corrected chi connectivity index (χ0v) is 9.69. The molecule has 6 heteroatoms. The lowest BCUT2D eigenvalue weighted by Gasteiger charge is -2.00. The van der Waals surface area contributed by atoms with Crippen molar-refractivity contribution < 1.29 is 28.5 Å². The van der Waals surface area contributed by atoms with E-state index in [0.29, 0.717) is 26.4 Å². The SMILES string of the molecule is CCOCCCOC(C)=O.O=C1OCCO1. The fraction of sp³-hybridized carbons (Fsp3) is 0.800. The minimum Gasteiger partial charge on any atom is -0.466 e. The van der Waals surface area contributed by atoms with Crippen LogP contribution in [0, 0.1) is 0 Å². The van der Waals surface area contributed by atoms with Gasteiger partial charge in [-0.15, -0.1) is 0 Å². The lowest BCUT2D eigenvalue weighted by Crippen LogP contribution is -2.03. The van der Waals surface area contributed by atoms with Gasteiger partial charge in [0.15, 0.2) is 0 Å². The van der Waals surface area contributed by atoms with E-state index in [-0.39, 0.29) is 5.97 Å². The molecule has 0 unspecified atom stereocenters. The third-order valence-corrected chi connectivity index (χ3v) is 1.47. The molecule has 0 spiro atoms. The van der Waals surface area contributed by atoms with Gasteiger partial charge in [-0.2, -0.15) is 0 Å². The molecule has 0 aliphatic carbocycles. The van der Waals surface area contributed by atoms with Gasteiger partial charge >= 0.3 is 12.1 Å². The van der Waals surface area contributed by atoms with Gasteiger partial charge in [-0.05, 0) is 6.92 Å². The first-order valence-corrected chi connectivity index (χ1v) is 5.17. The maximum Gasteiger partial charge on any atom is 0.508 e. The average molecular weight is 234 g/mol. The van der Waals surface area contributed by atoms with Gasteiger partial charge < -0.3 is 18.9 Å². The highest BCUT2D eigenvalue weighted by molar-refractivity contribution is 5.65. The van der Waals surface area contributed by atoms with Gasteiger partial charge in [0.1, 0.15) is 13.2 Å². The second-order valence-corrected chi connectivity index (χ2v) is 2.84. The van der Waals surface area contributed by atoms with Gasteiger partial charge in [-0.25, -0.2) is 4.79 Å². The third kappa shape index (κ3) is 10.8. The zero-order valence-electron chi connectivity index (χ0n) is 9.69. The van der Waals surface area contributed by atoms with Crippen LogP contribution in [0.2, 0.25) is 0 Å². The van der Waals surface area contributed by atoms with Crippen molar-refractivity contribution in [1.82, 2.24) is 0 Å².